The standard InChI is InChI=1S/C28H29F5N6O3/c1-11-12(2)35-24-19-18(11)20(30)21(15-8-14(34)9-16(29)23(15)42-28(31,32)33)36-25(19)41-13(3)22-17-6-7-27(37-17,10-39(22)24)26(40)38(4)5/h8-9,13,17,22,37H,6-7,10,34H2,1-5H3. The Kier molecular flexibility index (Phi) is 6.23. The van der Waals surface area contributed by atoms with Crippen LogP contribution in [0.25, 0.3) is 22.0 Å². The summed E-state index contributed by atoms with van der Waals surface area (Å²) >= 11 is 0. The maximum atomic E-state index is 16.6. The van der Waals surface area contributed by atoms with Gasteiger partial charge in [-0.05, 0) is 45.2 Å². The van der Waals surface area contributed by atoms with E-state index >= 15 is 4.39 Å². The van der Waals surface area contributed by atoms with E-state index in [1.807, 2.05) is 4.90 Å². The van der Waals surface area contributed by atoms with Crippen molar-refractivity contribution in [2.45, 2.75) is 63.7 Å². The van der Waals surface area contributed by atoms with Crippen molar-refractivity contribution in [2.75, 3.05) is 31.3 Å². The Labute approximate surface area is 237 Å². The van der Waals surface area contributed by atoms with Gasteiger partial charge >= 0.3 is 6.36 Å². The Morgan fingerprint density at radius 2 is 1.93 bits per heavy atom. The molecule has 2 saturated heterocycles. The summed E-state index contributed by atoms with van der Waals surface area (Å²) in [4.78, 5) is 26.0. The number of carbonyl (C=O) groups is 1. The van der Waals surface area contributed by atoms with Gasteiger partial charge in [0, 0.05) is 49.5 Å². The fourth-order valence-electron chi connectivity index (χ4n) is 6.66. The number of nitrogens with zero attached hydrogens (tertiary/aromatic N) is 4. The van der Waals surface area contributed by atoms with E-state index < -0.39 is 46.6 Å². The lowest BCUT2D eigenvalue weighted by Gasteiger charge is -2.47. The van der Waals surface area contributed by atoms with Crippen LogP contribution in [0.3, 0.4) is 0 Å². The zero-order valence-corrected chi connectivity index (χ0v) is 23.5. The highest BCUT2D eigenvalue weighted by molar-refractivity contribution is 6.02. The van der Waals surface area contributed by atoms with Gasteiger partial charge in [0.25, 0.3) is 0 Å². The molecule has 0 saturated carbocycles. The minimum Gasteiger partial charge on any atom is -0.472 e. The topological polar surface area (TPSA) is 106 Å². The average Bonchev–Trinajstić information content (AvgIpc) is 3.19. The van der Waals surface area contributed by atoms with E-state index in [0.29, 0.717) is 36.0 Å². The number of fused-ring (bicyclic) bond motifs is 5. The Morgan fingerprint density at radius 3 is 2.60 bits per heavy atom. The van der Waals surface area contributed by atoms with Gasteiger partial charge in [0.1, 0.15) is 23.2 Å². The van der Waals surface area contributed by atoms with Crippen LogP contribution < -0.4 is 25.4 Å². The van der Waals surface area contributed by atoms with Crippen molar-refractivity contribution in [3.63, 3.8) is 0 Å². The van der Waals surface area contributed by atoms with Crippen molar-refractivity contribution in [3.05, 3.63) is 35.0 Å². The van der Waals surface area contributed by atoms with Crippen molar-refractivity contribution in [2.24, 2.45) is 0 Å². The molecule has 4 unspecified atom stereocenters. The molecule has 2 bridgehead atoms. The second kappa shape index (κ2) is 9.28. The number of hydrogen-bond donors (Lipinski definition) is 2. The Bertz CT molecular complexity index is 1650. The summed E-state index contributed by atoms with van der Waals surface area (Å²) < 4.78 is 81.5. The number of benzene rings is 1. The molecular weight excluding hydrogens is 563 g/mol. The molecule has 5 heterocycles. The number of aryl methyl sites for hydroxylation is 2. The number of piperazine rings is 1. The summed E-state index contributed by atoms with van der Waals surface area (Å²) in [5.74, 6) is -3.53. The Balaban J connectivity index is 1.62. The molecule has 224 valence electrons. The molecule has 14 heteroatoms. The van der Waals surface area contributed by atoms with Gasteiger partial charge in [0.05, 0.1) is 17.0 Å². The lowest BCUT2D eigenvalue weighted by Crippen LogP contribution is -2.71. The lowest BCUT2D eigenvalue weighted by atomic mass is 9.92. The highest BCUT2D eigenvalue weighted by Gasteiger charge is 2.57. The Morgan fingerprint density at radius 1 is 1.21 bits per heavy atom. The van der Waals surface area contributed by atoms with Crippen LogP contribution in [0.2, 0.25) is 0 Å². The number of alkyl halides is 3. The molecule has 2 aromatic heterocycles. The summed E-state index contributed by atoms with van der Waals surface area (Å²) in [6, 6.07) is 1.12. The number of nitrogens with two attached hydrogens (primary N) is 1. The molecule has 1 amide bonds. The van der Waals surface area contributed by atoms with Crippen LogP contribution >= 0.6 is 0 Å². The van der Waals surface area contributed by atoms with Crippen LogP contribution in [0.4, 0.5) is 33.5 Å². The van der Waals surface area contributed by atoms with E-state index in [1.54, 1.807) is 34.9 Å². The molecule has 4 atom stereocenters. The molecule has 42 heavy (non-hydrogen) atoms. The number of aromatic nitrogens is 2. The summed E-state index contributed by atoms with van der Waals surface area (Å²) in [5.41, 5.74) is 4.23. The molecule has 1 aromatic carbocycles. The number of ether oxygens (including phenoxy) is 2. The zero-order chi connectivity index (χ0) is 30.5. The largest absolute Gasteiger partial charge is 0.573 e. The summed E-state index contributed by atoms with van der Waals surface area (Å²) in [7, 11) is 3.37. The van der Waals surface area contributed by atoms with Gasteiger partial charge in [-0.3, -0.25) is 10.1 Å². The third-order valence-corrected chi connectivity index (χ3v) is 8.48. The van der Waals surface area contributed by atoms with Crippen molar-refractivity contribution < 1.29 is 36.2 Å². The van der Waals surface area contributed by atoms with E-state index in [-0.39, 0.29) is 46.9 Å². The highest BCUT2D eigenvalue weighted by Crippen LogP contribution is 2.48. The van der Waals surface area contributed by atoms with Crippen LogP contribution in [0, 0.1) is 25.5 Å². The average molecular weight is 593 g/mol. The molecule has 2 fully saturated rings. The van der Waals surface area contributed by atoms with E-state index in [0.717, 1.165) is 6.07 Å². The molecule has 0 spiro atoms. The summed E-state index contributed by atoms with van der Waals surface area (Å²) in [6.07, 6.45) is -4.58. The van der Waals surface area contributed by atoms with E-state index in [9.17, 15) is 22.4 Å². The number of pyridine rings is 2. The molecule has 3 N–H and O–H groups in total. The minimum atomic E-state index is -5.27. The maximum Gasteiger partial charge on any atom is 0.573 e. The van der Waals surface area contributed by atoms with E-state index in [4.69, 9.17) is 15.5 Å². The first kappa shape index (κ1) is 28.2. The minimum absolute atomic E-state index is 0.00464. The fourth-order valence-corrected chi connectivity index (χ4v) is 6.66. The second-order valence-corrected chi connectivity index (χ2v) is 11.4. The number of hydrogen-bond acceptors (Lipinski definition) is 8. The molecule has 9 nitrogen and oxygen atoms in total. The second-order valence-electron chi connectivity index (χ2n) is 11.4. The maximum absolute atomic E-state index is 16.6. The van der Waals surface area contributed by atoms with Crippen molar-refractivity contribution in [1.29, 1.82) is 0 Å². The van der Waals surface area contributed by atoms with E-state index in [1.165, 1.54) is 4.90 Å². The number of nitrogen functional groups attached to an aromatic ring is 1. The molecular formula is C28H29F5N6O3. The van der Waals surface area contributed by atoms with Crippen molar-refractivity contribution >= 4 is 28.2 Å². The first-order valence-electron chi connectivity index (χ1n) is 13.4. The first-order valence-corrected chi connectivity index (χ1v) is 13.4. The number of carbonyl (C=O) groups excluding carboxylic acids is 1. The molecule has 0 aliphatic carbocycles. The summed E-state index contributed by atoms with van der Waals surface area (Å²) in [5, 5.41) is 3.72. The van der Waals surface area contributed by atoms with Crippen LogP contribution in [0.5, 0.6) is 11.6 Å². The van der Waals surface area contributed by atoms with Crippen LogP contribution in [-0.4, -0.2) is 71.5 Å². The predicted octanol–water partition coefficient (Wildman–Crippen LogP) is 4.22. The Hall–Kier alpha value is -3.94. The van der Waals surface area contributed by atoms with Crippen molar-refractivity contribution in [3.8, 4) is 22.9 Å². The van der Waals surface area contributed by atoms with E-state index in [2.05, 4.69) is 15.0 Å². The molecule has 0 radical (unpaired) electrons. The highest BCUT2D eigenvalue weighted by atomic mass is 19.4. The number of rotatable bonds is 3. The van der Waals surface area contributed by atoms with Gasteiger partial charge < -0.3 is 25.0 Å². The lowest BCUT2D eigenvalue weighted by molar-refractivity contribution is -0.275. The summed E-state index contributed by atoms with van der Waals surface area (Å²) in [6.45, 7) is 5.34. The molecule has 3 aliphatic rings. The number of anilines is 2. The van der Waals surface area contributed by atoms with Crippen LogP contribution in [0.15, 0.2) is 12.1 Å². The third kappa shape index (κ3) is 4.17. The molecule has 6 rings (SSSR count). The SMILES string of the molecule is Cc1nc2c3c(nc(-c4cc(N)cc(F)c4OC(F)(F)F)c(F)c3c1C)OC(C)C1C3CCC(C(=O)N(C)C)(CN21)N3. The van der Waals surface area contributed by atoms with Gasteiger partial charge in [0.2, 0.25) is 11.8 Å². The third-order valence-electron chi connectivity index (χ3n) is 8.48. The first-order chi connectivity index (χ1) is 19.6. The number of amides is 1. The fraction of sp³-hybridized carbons (Fsp3) is 0.464. The van der Waals surface area contributed by atoms with Gasteiger partial charge in [-0.15, -0.1) is 13.2 Å². The van der Waals surface area contributed by atoms with Gasteiger partial charge in [-0.1, -0.05) is 0 Å². The van der Waals surface area contributed by atoms with Gasteiger partial charge in [-0.2, -0.15) is 0 Å². The van der Waals surface area contributed by atoms with Crippen molar-refractivity contribution in [1.82, 2.24) is 20.2 Å². The van der Waals surface area contributed by atoms with Crippen LogP contribution in [-0.2, 0) is 4.79 Å². The molecule has 3 aromatic rings. The number of halogens is 5. The number of likely N-dealkylation sites (N-methyl/N-ethyl adjacent to an activating group) is 1. The number of nitrogens with one attached hydrogen (secondary N) is 1. The predicted molar refractivity (Wildman–Crippen MR) is 144 cm³/mol. The molecule has 3 aliphatic heterocycles. The van der Waals surface area contributed by atoms with Gasteiger partial charge in [-0.25, -0.2) is 18.7 Å². The monoisotopic (exact) mass is 592 g/mol. The smallest absolute Gasteiger partial charge is 0.472 e. The van der Waals surface area contributed by atoms with Gasteiger partial charge in [0.15, 0.2) is 17.4 Å². The quantitative estimate of drug-likeness (QED) is 0.344. The normalized spacial score (nSPS) is 24.7. The van der Waals surface area contributed by atoms with Crippen LogP contribution in [0.1, 0.15) is 31.0 Å². The zero-order valence-electron chi connectivity index (χ0n) is 23.5.